The van der Waals surface area contributed by atoms with Crippen LogP contribution in [0.25, 0.3) is 0 Å². The van der Waals surface area contributed by atoms with Gasteiger partial charge in [-0.25, -0.2) is 0 Å². The fraction of sp³-hybridized carbons (Fsp3) is 0. The molecule has 0 atom stereocenters. The first-order valence-electron chi connectivity index (χ1n) is 7.86. The molecule has 3 aromatic carbocycles. The highest BCUT2D eigenvalue weighted by Crippen LogP contribution is 2.31. The lowest BCUT2D eigenvalue weighted by Gasteiger charge is -2.23. The molecule has 0 heterocycles. The lowest BCUT2D eigenvalue weighted by atomic mass is 10.1. The monoisotopic (exact) mass is 363 g/mol. The lowest BCUT2D eigenvalue weighted by Crippen LogP contribution is -2.26. The number of benzene rings is 3. The summed E-state index contributed by atoms with van der Waals surface area (Å²) >= 11 is 0. The Labute approximate surface area is 153 Å². The van der Waals surface area contributed by atoms with Crippen molar-refractivity contribution in [2.45, 2.75) is 0 Å². The van der Waals surface area contributed by atoms with Crippen molar-refractivity contribution in [1.29, 1.82) is 0 Å². The van der Waals surface area contributed by atoms with E-state index in [0.29, 0.717) is 11.4 Å². The highest BCUT2D eigenvalue weighted by molar-refractivity contribution is 6.11. The second-order valence-electron chi connectivity index (χ2n) is 5.53. The van der Waals surface area contributed by atoms with E-state index in [1.165, 1.54) is 11.0 Å². The Kier molecular flexibility index (Phi) is 4.89. The van der Waals surface area contributed by atoms with E-state index in [2.05, 4.69) is 0 Å². The van der Waals surface area contributed by atoms with Crippen LogP contribution < -0.4 is 4.90 Å². The highest BCUT2D eigenvalue weighted by atomic mass is 16.6. The van der Waals surface area contributed by atoms with Crippen LogP contribution in [0.4, 0.5) is 22.7 Å². The van der Waals surface area contributed by atoms with Gasteiger partial charge in [-0.2, -0.15) is 0 Å². The molecule has 8 heteroatoms. The number of anilines is 2. The Bertz CT molecular complexity index is 967. The number of carbonyl (C=O) groups is 1. The molecule has 0 unspecified atom stereocenters. The van der Waals surface area contributed by atoms with Crippen molar-refractivity contribution in [3.63, 3.8) is 0 Å². The third-order valence-electron chi connectivity index (χ3n) is 3.85. The van der Waals surface area contributed by atoms with E-state index in [0.717, 1.165) is 12.1 Å². The SMILES string of the molecule is O=C(c1ccc([N+](=O)[O-])c([N+](=O)[O-])c1)N(c1ccccc1)c1ccccc1. The molecule has 0 aliphatic rings. The van der Waals surface area contributed by atoms with Gasteiger partial charge in [-0.05, 0) is 30.3 Å². The van der Waals surface area contributed by atoms with Gasteiger partial charge in [-0.15, -0.1) is 0 Å². The maximum Gasteiger partial charge on any atom is 0.346 e. The van der Waals surface area contributed by atoms with Gasteiger partial charge in [0.2, 0.25) is 0 Å². The summed E-state index contributed by atoms with van der Waals surface area (Å²) in [7, 11) is 0. The van der Waals surface area contributed by atoms with Crippen molar-refractivity contribution in [2.75, 3.05) is 4.90 Å². The van der Waals surface area contributed by atoms with Crippen LogP contribution in [0.5, 0.6) is 0 Å². The Morgan fingerprint density at radius 1 is 0.704 bits per heavy atom. The van der Waals surface area contributed by atoms with Gasteiger partial charge < -0.3 is 0 Å². The summed E-state index contributed by atoms with van der Waals surface area (Å²) in [6, 6.07) is 20.7. The van der Waals surface area contributed by atoms with Crippen molar-refractivity contribution >= 4 is 28.7 Å². The van der Waals surface area contributed by atoms with Crippen molar-refractivity contribution in [1.82, 2.24) is 0 Å². The molecule has 0 aromatic heterocycles. The van der Waals surface area contributed by atoms with Crippen LogP contribution in [0.3, 0.4) is 0 Å². The molecular weight excluding hydrogens is 350 g/mol. The minimum atomic E-state index is -0.871. The number of rotatable bonds is 5. The van der Waals surface area contributed by atoms with Crippen molar-refractivity contribution in [3.8, 4) is 0 Å². The van der Waals surface area contributed by atoms with Crippen LogP contribution in [-0.4, -0.2) is 15.8 Å². The molecular formula is C19H13N3O5. The summed E-state index contributed by atoms with van der Waals surface area (Å²) in [5.41, 5.74) is -0.293. The summed E-state index contributed by atoms with van der Waals surface area (Å²) in [5.74, 6) is -0.537. The molecule has 3 rings (SSSR count). The average molecular weight is 363 g/mol. The Balaban J connectivity index is 2.11. The van der Waals surface area contributed by atoms with Crippen LogP contribution in [0, 0.1) is 20.2 Å². The molecule has 0 saturated heterocycles. The zero-order chi connectivity index (χ0) is 19.4. The number of amides is 1. The van der Waals surface area contributed by atoms with Crippen molar-refractivity contribution in [3.05, 3.63) is 105 Å². The molecule has 0 spiro atoms. The molecule has 0 N–H and O–H groups in total. The van der Waals surface area contributed by atoms with Gasteiger partial charge in [0.15, 0.2) is 0 Å². The van der Waals surface area contributed by atoms with Crippen LogP contribution in [0.1, 0.15) is 10.4 Å². The van der Waals surface area contributed by atoms with Gasteiger partial charge in [0.05, 0.1) is 9.85 Å². The minimum Gasteiger partial charge on any atom is -0.277 e. The van der Waals surface area contributed by atoms with E-state index in [1.807, 2.05) is 0 Å². The van der Waals surface area contributed by atoms with Crippen LogP contribution >= 0.6 is 0 Å². The topological polar surface area (TPSA) is 107 Å². The molecule has 3 aromatic rings. The summed E-state index contributed by atoms with van der Waals surface area (Å²) in [6.07, 6.45) is 0. The normalized spacial score (nSPS) is 10.2. The molecule has 0 aliphatic heterocycles. The first kappa shape index (κ1) is 17.7. The number of hydrogen-bond donors (Lipinski definition) is 0. The van der Waals surface area contributed by atoms with Crippen LogP contribution in [-0.2, 0) is 0 Å². The minimum absolute atomic E-state index is 0.0278. The molecule has 0 fully saturated rings. The predicted molar refractivity (Wildman–Crippen MR) is 99.1 cm³/mol. The van der Waals surface area contributed by atoms with Gasteiger partial charge in [0.1, 0.15) is 0 Å². The van der Waals surface area contributed by atoms with Crippen molar-refractivity contribution < 1.29 is 14.6 Å². The van der Waals surface area contributed by atoms with Crippen molar-refractivity contribution in [2.24, 2.45) is 0 Å². The number of para-hydroxylation sites is 2. The Morgan fingerprint density at radius 3 is 1.63 bits per heavy atom. The van der Waals surface area contributed by atoms with Crippen LogP contribution in [0.15, 0.2) is 78.9 Å². The van der Waals surface area contributed by atoms with E-state index in [1.54, 1.807) is 60.7 Å². The number of carbonyl (C=O) groups excluding carboxylic acids is 1. The molecule has 0 aliphatic carbocycles. The predicted octanol–water partition coefficient (Wildman–Crippen LogP) is 4.48. The Hall–Kier alpha value is -4.07. The highest BCUT2D eigenvalue weighted by Gasteiger charge is 2.28. The molecule has 27 heavy (non-hydrogen) atoms. The molecule has 0 radical (unpaired) electrons. The van der Waals surface area contributed by atoms with Gasteiger partial charge in [0.25, 0.3) is 5.91 Å². The maximum atomic E-state index is 13.1. The van der Waals surface area contributed by atoms with Gasteiger partial charge >= 0.3 is 11.4 Å². The van der Waals surface area contributed by atoms with E-state index in [-0.39, 0.29) is 5.56 Å². The largest absolute Gasteiger partial charge is 0.346 e. The maximum absolute atomic E-state index is 13.1. The first-order valence-corrected chi connectivity index (χ1v) is 7.86. The Morgan fingerprint density at radius 2 is 1.19 bits per heavy atom. The van der Waals surface area contributed by atoms with E-state index < -0.39 is 27.1 Å². The number of nitrogens with zero attached hydrogens (tertiary/aromatic N) is 3. The molecule has 1 amide bonds. The van der Waals surface area contributed by atoms with E-state index >= 15 is 0 Å². The standard InChI is InChI=1S/C19H13N3O5/c23-19(14-11-12-17(21(24)25)18(13-14)22(26)27)20(15-7-3-1-4-8-15)16-9-5-2-6-10-16/h1-13H. The summed E-state index contributed by atoms with van der Waals surface area (Å²) in [5, 5.41) is 22.2. The second kappa shape index (κ2) is 7.44. The smallest absolute Gasteiger partial charge is 0.277 e. The average Bonchev–Trinajstić information content (AvgIpc) is 2.69. The molecule has 134 valence electrons. The molecule has 8 nitrogen and oxygen atoms in total. The zero-order valence-electron chi connectivity index (χ0n) is 13.9. The fourth-order valence-electron chi connectivity index (χ4n) is 2.62. The second-order valence-corrected chi connectivity index (χ2v) is 5.53. The summed E-state index contributed by atoms with van der Waals surface area (Å²) < 4.78 is 0. The fourth-order valence-corrected chi connectivity index (χ4v) is 2.62. The number of nitro groups is 2. The summed E-state index contributed by atoms with van der Waals surface area (Å²) in [4.78, 5) is 35.0. The number of nitro benzene ring substituents is 2. The van der Waals surface area contributed by atoms with E-state index in [4.69, 9.17) is 0 Å². The van der Waals surface area contributed by atoms with E-state index in [9.17, 15) is 25.0 Å². The van der Waals surface area contributed by atoms with Crippen LogP contribution in [0.2, 0.25) is 0 Å². The first-order chi connectivity index (χ1) is 13.0. The third kappa shape index (κ3) is 3.64. The summed E-state index contributed by atoms with van der Waals surface area (Å²) in [6.45, 7) is 0. The lowest BCUT2D eigenvalue weighted by molar-refractivity contribution is -0.422. The third-order valence-corrected chi connectivity index (χ3v) is 3.85. The molecule has 0 bridgehead atoms. The zero-order valence-corrected chi connectivity index (χ0v) is 13.9. The van der Waals surface area contributed by atoms with Gasteiger partial charge in [-0.1, -0.05) is 36.4 Å². The number of hydrogen-bond acceptors (Lipinski definition) is 5. The van der Waals surface area contributed by atoms with Gasteiger partial charge in [0, 0.05) is 29.1 Å². The quantitative estimate of drug-likeness (QED) is 0.490. The molecule has 0 saturated carbocycles. The van der Waals surface area contributed by atoms with Gasteiger partial charge in [-0.3, -0.25) is 29.9 Å².